The number of carbonyl (C=O) groups excluding carboxylic acids is 2. The molecule has 0 aliphatic carbocycles. The minimum absolute atomic E-state index is 0.0979. The van der Waals surface area contributed by atoms with Crippen molar-refractivity contribution in [1.29, 1.82) is 0 Å². The van der Waals surface area contributed by atoms with E-state index >= 15 is 0 Å². The number of carbonyl (C=O) groups is 2. The number of aromatic nitrogens is 1. The first-order valence-corrected chi connectivity index (χ1v) is 10.2. The Morgan fingerprint density at radius 2 is 1.85 bits per heavy atom. The Balaban J connectivity index is 1.43. The predicted octanol–water partition coefficient (Wildman–Crippen LogP) is 3.74. The topological polar surface area (TPSA) is 139 Å². The molecule has 11 heteroatoms. The molecule has 0 spiro atoms. The Labute approximate surface area is 193 Å². The first kappa shape index (κ1) is 22.5. The van der Waals surface area contributed by atoms with Crippen LogP contribution in [0.25, 0.3) is 0 Å². The average molecular weight is 465 g/mol. The number of para-hydroxylation sites is 1. The van der Waals surface area contributed by atoms with E-state index in [9.17, 15) is 19.7 Å². The molecule has 11 nitrogen and oxygen atoms in total. The van der Waals surface area contributed by atoms with Crippen LogP contribution in [0.15, 0.2) is 60.9 Å². The van der Waals surface area contributed by atoms with Crippen molar-refractivity contribution in [3.05, 3.63) is 76.6 Å². The number of benzene rings is 2. The second kappa shape index (κ2) is 10.3. The molecule has 1 aromatic heterocycles. The SMILES string of the molecule is O=C(COC(=O)c1ccccc1Oc1cccnc1)Nc1cc2c(cc1[N+](=O)[O-])OCCCO2. The Bertz CT molecular complexity index is 1220. The van der Waals surface area contributed by atoms with Crippen LogP contribution < -0.4 is 19.5 Å². The second-order valence-electron chi connectivity index (χ2n) is 7.03. The largest absolute Gasteiger partial charge is 0.489 e. The van der Waals surface area contributed by atoms with E-state index < -0.39 is 23.4 Å². The van der Waals surface area contributed by atoms with Gasteiger partial charge in [-0.2, -0.15) is 0 Å². The third-order valence-electron chi connectivity index (χ3n) is 4.64. The minimum atomic E-state index is -0.803. The van der Waals surface area contributed by atoms with E-state index in [4.69, 9.17) is 18.9 Å². The standard InChI is InChI=1S/C23H19N3O8/c27-22(25-17-11-20-21(12-18(17)26(29)30)32-10-4-9-31-20)14-33-23(28)16-6-1-2-7-19(16)34-15-5-3-8-24-13-15/h1-3,5-8,11-13H,4,9-10,14H2,(H,25,27). The van der Waals surface area contributed by atoms with Crippen molar-refractivity contribution in [2.24, 2.45) is 0 Å². The van der Waals surface area contributed by atoms with Gasteiger partial charge in [-0.3, -0.25) is 19.9 Å². The first-order chi connectivity index (χ1) is 16.5. The lowest BCUT2D eigenvalue weighted by molar-refractivity contribution is -0.384. The maximum Gasteiger partial charge on any atom is 0.342 e. The molecule has 0 saturated heterocycles. The maximum absolute atomic E-state index is 12.6. The van der Waals surface area contributed by atoms with Gasteiger partial charge in [0.05, 0.1) is 30.4 Å². The number of fused-ring (bicyclic) bond motifs is 1. The fourth-order valence-corrected chi connectivity index (χ4v) is 3.10. The number of amides is 1. The van der Waals surface area contributed by atoms with Gasteiger partial charge in [0, 0.05) is 18.7 Å². The van der Waals surface area contributed by atoms with Crippen LogP contribution in [0.4, 0.5) is 11.4 Å². The molecule has 174 valence electrons. The van der Waals surface area contributed by atoms with Crippen LogP contribution in [-0.4, -0.2) is 41.6 Å². The fourth-order valence-electron chi connectivity index (χ4n) is 3.10. The average Bonchev–Trinajstić information content (AvgIpc) is 3.08. The van der Waals surface area contributed by atoms with Crippen molar-refractivity contribution in [2.45, 2.75) is 6.42 Å². The van der Waals surface area contributed by atoms with Gasteiger partial charge in [-0.25, -0.2) is 4.79 Å². The number of anilines is 1. The van der Waals surface area contributed by atoms with Gasteiger partial charge < -0.3 is 24.3 Å². The molecule has 4 rings (SSSR count). The lowest BCUT2D eigenvalue weighted by atomic mass is 10.2. The molecule has 2 aromatic carbocycles. The van der Waals surface area contributed by atoms with Crippen LogP contribution in [0.3, 0.4) is 0 Å². The van der Waals surface area contributed by atoms with Crippen molar-refractivity contribution in [1.82, 2.24) is 4.98 Å². The van der Waals surface area contributed by atoms with Crippen LogP contribution in [0.5, 0.6) is 23.0 Å². The smallest absolute Gasteiger partial charge is 0.342 e. The molecule has 2 heterocycles. The van der Waals surface area contributed by atoms with E-state index in [1.807, 2.05) is 0 Å². The normalized spacial score (nSPS) is 12.2. The van der Waals surface area contributed by atoms with E-state index in [0.29, 0.717) is 25.4 Å². The van der Waals surface area contributed by atoms with E-state index in [2.05, 4.69) is 10.3 Å². The van der Waals surface area contributed by atoms with Gasteiger partial charge in [0.15, 0.2) is 18.1 Å². The van der Waals surface area contributed by atoms with Crippen molar-refractivity contribution >= 4 is 23.3 Å². The summed E-state index contributed by atoms with van der Waals surface area (Å²) in [5.41, 5.74) is -0.379. The Morgan fingerprint density at radius 1 is 1.09 bits per heavy atom. The number of hydrogen-bond acceptors (Lipinski definition) is 9. The van der Waals surface area contributed by atoms with Crippen molar-refractivity contribution in [3.8, 4) is 23.0 Å². The van der Waals surface area contributed by atoms with Crippen LogP contribution >= 0.6 is 0 Å². The van der Waals surface area contributed by atoms with Crippen LogP contribution in [0.1, 0.15) is 16.8 Å². The highest BCUT2D eigenvalue weighted by Crippen LogP contribution is 2.39. The quantitative estimate of drug-likeness (QED) is 0.314. The van der Waals surface area contributed by atoms with Gasteiger partial charge in [-0.1, -0.05) is 12.1 Å². The summed E-state index contributed by atoms with van der Waals surface area (Å²) in [6.07, 6.45) is 3.68. The first-order valence-electron chi connectivity index (χ1n) is 10.2. The number of rotatable bonds is 7. The number of nitro benzene ring substituents is 1. The summed E-state index contributed by atoms with van der Waals surface area (Å²) in [5, 5.41) is 13.9. The lowest BCUT2D eigenvalue weighted by Crippen LogP contribution is -2.21. The molecule has 1 N–H and O–H groups in total. The molecule has 3 aromatic rings. The number of pyridine rings is 1. The van der Waals surface area contributed by atoms with E-state index in [0.717, 1.165) is 0 Å². The zero-order chi connectivity index (χ0) is 23.9. The number of nitro groups is 1. The van der Waals surface area contributed by atoms with Gasteiger partial charge in [0.2, 0.25) is 0 Å². The highest BCUT2D eigenvalue weighted by atomic mass is 16.6. The number of esters is 1. The summed E-state index contributed by atoms with van der Waals surface area (Å²) < 4.78 is 21.7. The van der Waals surface area contributed by atoms with Crippen LogP contribution in [0.2, 0.25) is 0 Å². The molecule has 0 unspecified atom stereocenters. The summed E-state index contributed by atoms with van der Waals surface area (Å²) in [6.45, 7) is 0.0553. The van der Waals surface area contributed by atoms with Crippen molar-refractivity contribution < 1.29 is 33.5 Å². The Morgan fingerprint density at radius 3 is 2.59 bits per heavy atom. The highest BCUT2D eigenvalue weighted by molar-refractivity contribution is 5.98. The molecule has 0 radical (unpaired) electrons. The molecule has 0 bridgehead atoms. The fraction of sp³-hybridized carbons (Fsp3) is 0.174. The maximum atomic E-state index is 12.6. The third-order valence-corrected chi connectivity index (χ3v) is 4.64. The van der Waals surface area contributed by atoms with Crippen LogP contribution in [0, 0.1) is 10.1 Å². The lowest BCUT2D eigenvalue weighted by Gasteiger charge is -2.12. The molecular formula is C23H19N3O8. The summed E-state index contributed by atoms with van der Waals surface area (Å²) in [7, 11) is 0. The molecular weight excluding hydrogens is 446 g/mol. The predicted molar refractivity (Wildman–Crippen MR) is 118 cm³/mol. The van der Waals surface area contributed by atoms with Gasteiger partial charge in [-0.15, -0.1) is 0 Å². The molecule has 0 fully saturated rings. The number of nitrogens with one attached hydrogen (secondary N) is 1. The van der Waals surface area contributed by atoms with Gasteiger partial charge in [0.25, 0.3) is 11.6 Å². The second-order valence-corrected chi connectivity index (χ2v) is 7.03. The molecule has 0 saturated carbocycles. The number of hydrogen-bond donors (Lipinski definition) is 1. The van der Waals surface area contributed by atoms with E-state index in [-0.39, 0.29) is 34.2 Å². The van der Waals surface area contributed by atoms with Gasteiger partial charge in [-0.05, 0) is 24.3 Å². The number of nitrogens with zero attached hydrogens (tertiary/aromatic N) is 2. The third kappa shape index (κ3) is 5.38. The molecule has 1 amide bonds. The molecule has 1 aliphatic heterocycles. The van der Waals surface area contributed by atoms with Gasteiger partial charge >= 0.3 is 5.97 Å². The Hall–Kier alpha value is -4.67. The summed E-state index contributed by atoms with van der Waals surface area (Å²) in [5.74, 6) is -0.434. The summed E-state index contributed by atoms with van der Waals surface area (Å²) in [4.78, 5) is 39.8. The molecule has 1 aliphatic rings. The van der Waals surface area contributed by atoms with Crippen LogP contribution in [-0.2, 0) is 9.53 Å². The Kier molecular flexibility index (Phi) is 6.82. The number of ether oxygens (including phenoxy) is 4. The monoisotopic (exact) mass is 465 g/mol. The summed E-state index contributed by atoms with van der Waals surface area (Å²) >= 11 is 0. The van der Waals surface area contributed by atoms with Crippen molar-refractivity contribution in [2.75, 3.05) is 25.1 Å². The van der Waals surface area contributed by atoms with Gasteiger partial charge in [0.1, 0.15) is 22.7 Å². The summed E-state index contributed by atoms with van der Waals surface area (Å²) in [6, 6.07) is 12.2. The van der Waals surface area contributed by atoms with Crippen molar-refractivity contribution in [3.63, 3.8) is 0 Å². The zero-order valence-corrected chi connectivity index (χ0v) is 17.8. The molecule has 34 heavy (non-hydrogen) atoms. The molecule has 0 atom stereocenters. The van der Waals surface area contributed by atoms with E-state index in [1.54, 1.807) is 36.5 Å². The zero-order valence-electron chi connectivity index (χ0n) is 17.8. The highest BCUT2D eigenvalue weighted by Gasteiger charge is 2.24. The van der Waals surface area contributed by atoms with E-state index in [1.165, 1.54) is 24.4 Å². The minimum Gasteiger partial charge on any atom is -0.489 e.